The van der Waals surface area contributed by atoms with E-state index in [4.69, 9.17) is 4.74 Å². The number of rotatable bonds is 10. The minimum Gasteiger partial charge on any atom is -0.383 e. The molecule has 0 aliphatic carbocycles. The van der Waals surface area contributed by atoms with Crippen molar-refractivity contribution < 1.29 is 14.3 Å². The second-order valence-corrected chi connectivity index (χ2v) is 6.74. The van der Waals surface area contributed by atoms with Gasteiger partial charge in [-0.3, -0.25) is 14.5 Å². The number of nitrogens with one attached hydrogen (secondary N) is 1. The number of methoxy groups -OCH3 is 1. The lowest BCUT2D eigenvalue weighted by Crippen LogP contribution is -2.40. The molecule has 0 fully saturated rings. The maximum atomic E-state index is 12.8. The van der Waals surface area contributed by atoms with Crippen LogP contribution in [0.5, 0.6) is 0 Å². The monoisotopic (exact) mass is 383 g/mol. The molecule has 0 aliphatic heterocycles. The lowest BCUT2D eigenvalue weighted by atomic mass is 10.1. The fourth-order valence-corrected chi connectivity index (χ4v) is 2.90. The molecule has 0 bridgehead atoms. The molecule has 0 radical (unpaired) electrons. The molecule has 0 aromatic heterocycles. The highest BCUT2D eigenvalue weighted by Gasteiger charge is 2.16. The van der Waals surface area contributed by atoms with E-state index in [-0.39, 0.29) is 11.8 Å². The normalized spacial score (nSPS) is 10.7. The Morgan fingerprint density at radius 2 is 1.61 bits per heavy atom. The van der Waals surface area contributed by atoms with E-state index in [0.29, 0.717) is 38.3 Å². The first-order chi connectivity index (χ1) is 13.5. The average Bonchev–Trinajstić information content (AvgIpc) is 2.71. The second-order valence-electron chi connectivity index (χ2n) is 6.74. The van der Waals surface area contributed by atoms with Crippen molar-refractivity contribution in [1.29, 1.82) is 0 Å². The fraction of sp³-hybridized carbons (Fsp3) is 0.364. The van der Waals surface area contributed by atoms with Gasteiger partial charge in [0.2, 0.25) is 5.91 Å². The van der Waals surface area contributed by atoms with Crippen molar-refractivity contribution in [3.8, 4) is 0 Å². The zero-order valence-corrected chi connectivity index (χ0v) is 16.9. The summed E-state index contributed by atoms with van der Waals surface area (Å²) < 4.78 is 5.16. The lowest BCUT2D eigenvalue weighted by Gasteiger charge is -2.25. The van der Waals surface area contributed by atoms with Crippen molar-refractivity contribution in [3.05, 3.63) is 71.3 Å². The predicted octanol–water partition coefficient (Wildman–Crippen LogP) is 2.15. The number of likely N-dealkylation sites (N-methyl/N-ethyl adjacent to an activating group) is 1. The number of nitrogens with zero attached hydrogens (tertiary/aromatic N) is 2. The molecule has 28 heavy (non-hydrogen) atoms. The van der Waals surface area contributed by atoms with Crippen LogP contribution in [-0.2, 0) is 22.6 Å². The zero-order chi connectivity index (χ0) is 20.4. The van der Waals surface area contributed by atoms with E-state index in [1.54, 1.807) is 26.3 Å². The third-order valence-electron chi connectivity index (χ3n) is 4.44. The van der Waals surface area contributed by atoms with Crippen molar-refractivity contribution in [1.82, 2.24) is 15.1 Å². The lowest BCUT2D eigenvalue weighted by molar-refractivity contribution is -0.133. The summed E-state index contributed by atoms with van der Waals surface area (Å²) in [7, 11) is 5.17. The molecule has 0 heterocycles. The number of carbonyl (C=O) groups excluding carboxylic acids is 2. The molecular formula is C22H29N3O3. The second kappa shape index (κ2) is 11.2. The number of amides is 2. The number of hydrogen-bond donors (Lipinski definition) is 1. The minimum atomic E-state index is -0.107. The highest BCUT2D eigenvalue weighted by Crippen LogP contribution is 2.09. The molecule has 0 aliphatic rings. The molecule has 1 N–H and O–H groups in total. The molecule has 2 rings (SSSR count). The predicted molar refractivity (Wildman–Crippen MR) is 110 cm³/mol. The SMILES string of the molecule is CNC(=O)c1ccc(CN(C)CC(=O)N(CCOC)Cc2ccccc2)cc1. The van der Waals surface area contributed by atoms with E-state index < -0.39 is 0 Å². The van der Waals surface area contributed by atoms with Crippen molar-refractivity contribution in [2.45, 2.75) is 13.1 Å². The van der Waals surface area contributed by atoms with E-state index in [1.165, 1.54) is 0 Å². The van der Waals surface area contributed by atoms with Crippen LogP contribution in [0.2, 0.25) is 0 Å². The van der Waals surface area contributed by atoms with Gasteiger partial charge in [0.05, 0.1) is 13.2 Å². The van der Waals surface area contributed by atoms with E-state index in [0.717, 1.165) is 11.1 Å². The Hall–Kier alpha value is -2.70. The van der Waals surface area contributed by atoms with Gasteiger partial charge in [-0.2, -0.15) is 0 Å². The summed E-state index contributed by atoms with van der Waals surface area (Å²) in [5.41, 5.74) is 2.77. The Kier molecular flexibility index (Phi) is 8.65. The van der Waals surface area contributed by atoms with E-state index in [9.17, 15) is 9.59 Å². The topological polar surface area (TPSA) is 61.9 Å². The largest absolute Gasteiger partial charge is 0.383 e. The van der Waals surface area contributed by atoms with Gasteiger partial charge in [0.25, 0.3) is 5.91 Å². The van der Waals surface area contributed by atoms with E-state index >= 15 is 0 Å². The summed E-state index contributed by atoms with van der Waals surface area (Å²) >= 11 is 0. The number of carbonyl (C=O) groups is 2. The summed E-state index contributed by atoms with van der Waals surface area (Å²) in [5, 5.41) is 2.61. The standard InChI is InChI=1S/C22H29N3O3/c1-23-22(27)20-11-9-19(10-12-20)15-24(2)17-21(26)25(13-14-28-3)16-18-7-5-4-6-8-18/h4-12H,13-17H2,1-3H3,(H,23,27). The molecule has 0 saturated carbocycles. The smallest absolute Gasteiger partial charge is 0.251 e. The Labute approximate surface area is 167 Å². The first kappa shape index (κ1) is 21.6. The number of ether oxygens (including phenoxy) is 1. The fourth-order valence-electron chi connectivity index (χ4n) is 2.90. The minimum absolute atomic E-state index is 0.0605. The van der Waals surface area contributed by atoms with Crippen LogP contribution in [0, 0.1) is 0 Å². The summed E-state index contributed by atoms with van der Waals surface area (Å²) in [6.07, 6.45) is 0. The Morgan fingerprint density at radius 1 is 0.964 bits per heavy atom. The van der Waals surface area contributed by atoms with Crippen LogP contribution in [0.4, 0.5) is 0 Å². The van der Waals surface area contributed by atoms with Gasteiger partial charge in [-0.1, -0.05) is 42.5 Å². The Bertz CT molecular complexity index is 747. The van der Waals surface area contributed by atoms with Gasteiger partial charge in [0.1, 0.15) is 0 Å². The van der Waals surface area contributed by atoms with Gasteiger partial charge in [0, 0.05) is 39.4 Å². The molecule has 2 aromatic rings. The van der Waals surface area contributed by atoms with Crippen LogP contribution in [0.3, 0.4) is 0 Å². The third kappa shape index (κ3) is 6.79. The Morgan fingerprint density at radius 3 is 2.21 bits per heavy atom. The summed E-state index contributed by atoms with van der Waals surface area (Å²) in [6.45, 7) is 2.57. The average molecular weight is 383 g/mol. The van der Waals surface area contributed by atoms with Crippen molar-refractivity contribution >= 4 is 11.8 Å². The molecule has 2 amide bonds. The number of benzene rings is 2. The van der Waals surface area contributed by atoms with Gasteiger partial charge < -0.3 is 15.0 Å². The van der Waals surface area contributed by atoms with Crippen molar-refractivity contribution in [2.24, 2.45) is 0 Å². The van der Waals surface area contributed by atoms with Crippen LogP contribution < -0.4 is 5.32 Å². The summed E-state index contributed by atoms with van der Waals surface area (Å²) in [4.78, 5) is 28.2. The van der Waals surface area contributed by atoms with Crippen LogP contribution in [0.25, 0.3) is 0 Å². The first-order valence-electron chi connectivity index (χ1n) is 9.33. The van der Waals surface area contributed by atoms with Gasteiger partial charge in [-0.05, 0) is 30.3 Å². The van der Waals surface area contributed by atoms with Crippen molar-refractivity contribution in [2.75, 3.05) is 40.9 Å². The van der Waals surface area contributed by atoms with Crippen LogP contribution in [0.1, 0.15) is 21.5 Å². The molecule has 0 saturated heterocycles. The molecule has 0 spiro atoms. The maximum absolute atomic E-state index is 12.8. The van der Waals surface area contributed by atoms with Crippen LogP contribution >= 0.6 is 0 Å². The quantitative estimate of drug-likeness (QED) is 0.683. The van der Waals surface area contributed by atoms with Crippen LogP contribution in [0.15, 0.2) is 54.6 Å². The molecule has 2 aromatic carbocycles. The first-order valence-corrected chi connectivity index (χ1v) is 9.33. The van der Waals surface area contributed by atoms with E-state index in [1.807, 2.05) is 59.3 Å². The zero-order valence-electron chi connectivity index (χ0n) is 16.9. The third-order valence-corrected chi connectivity index (χ3v) is 4.44. The van der Waals surface area contributed by atoms with Crippen molar-refractivity contribution in [3.63, 3.8) is 0 Å². The highest BCUT2D eigenvalue weighted by atomic mass is 16.5. The van der Waals surface area contributed by atoms with Gasteiger partial charge in [-0.15, -0.1) is 0 Å². The summed E-state index contributed by atoms with van der Waals surface area (Å²) in [6, 6.07) is 17.4. The van der Waals surface area contributed by atoms with Gasteiger partial charge in [-0.25, -0.2) is 0 Å². The molecule has 6 heteroatoms. The maximum Gasteiger partial charge on any atom is 0.251 e. The van der Waals surface area contributed by atoms with Crippen LogP contribution in [-0.4, -0.2) is 62.5 Å². The highest BCUT2D eigenvalue weighted by molar-refractivity contribution is 5.93. The number of hydrogen-bond acceptors (Lipinski definition) is 4. The van der Waals surface area contributed by atoms with Gasteiger partial charge >= 0.3 is 0 Å². The molecule has 0 unspecified atom stereocenters. The van der Waals surface area contributed by atoms with Gasteiger partial charge in [0.15, 0.2) is 0 Å². The molecular weight excluding hydrogens is 354 g/mol. The molecule has 150 valence electrons. The Balaban J connectivity index is 1.94. The van der Waals surface area contributed by atoms with E-state index in [2.05, 4.69) is 5.32 Å². The summed E-state index contributed by atoms with van der Waals surface area (Å²) in [5.74, 6) is -0.0461. The molecule has 6 nitrogen and oxygen atoms in total. The molecule has 0 atom stereocenters.